The fourth-order valence-electron chi connectivity index (χ4n) is 1.55. The molecular formula is C10H8BrNO2. The molecule has 3 nitrogen and oxygen atoms in total. The van der Waals surface area contributed by atoms with Crippen LogP contribution in [-0.2, 0) is 11.3 Å². The number of hydrogen-bond donors (Lipinski definition) is 0. The van der Waals surface area contributed by atoms with E-state index < -0.39 is 0 Å². The minimum Gasteiger partial charge on any atom is -0.275 e. The molecule has 1 heterocycles. The van der Waals surface area contributed by atoms with E-state index in [9.17, 15) is 9.59 Å². The van der Waals surface area contributed by atoms with Crippen LogP contribution in [0.4, 0.5) is 0 Å². The van der Waals surface area contributed by atoms with Crippen molar-refractivity contribution in [2.24, 2.45) is 0 Å². The molecule has 0 aliphatic carbocycles. The van der Waals surface area contributed by atoms with Crippen LogP contribution in [0.5, 0.6) is 0 Å². The first-order valence-corrected chi connectivity index (χ1v) is 5.00. The first-order chi connectivity index (χ1) is 6.61. The minimum atomic E-state index is -0.210. The number of amides is 2. The number of carbonyl (C=O) groups is 2. The zero-order valence-electron chi connectivity index (χ0n) is 7.58. The Hall–Kier alpha value is -1.16. The molecule has 1 aromatic carbocycles. The normalized spacial score (nSPS) is 14.4. The molecule has 0 saturated carbocycles. The van der Waals surface area contributed by atoms with Crippen molar-refractivity contribution in [3.8, 4) is 0 Å². The molecule has 72 valence electrons. The van der Waals surface area contributed by atoms with Crippen molar-refractivity contribution >= 4 is 27.7 Å². The van der Waals surface area contributed by atoms with Gasteiger partial charge in [0.05, 0.1) is 6.54 Å². The lowest BCUT2D eigenvalue weighted by Gasteiger charge is -2.09. The summed E-state index contributed by atoms with van der Waals surface area (Å²) in [6, 6.07) is 5.41. The summed E-state index contributed by atoms with van der Waals surface area (Å²) in [6.45, 7) is 1.78. The van der Waals surface area contributed by atoms with Crippen molar-refractivity contribution in [1.82, 2.24) is 4.90 Å². The molecule has 2 amide bonds. The third-order valence-electron chi connectivity index (χ3n) is 2.29. The standard InChI is InChI=1S/C10H8BrNO2/c1-6(13)12-5-8-7(10(12)14)3-2-4-9(8)11/h2-4H,5H2,1H3. The van der Waals surface area contributed by atoms with Crippen LogP contribution in [0.3, 0.4) is 0 Å². The zero-order valence-corrected chi connectivity index (χ0v) is 9.17. The Morgan fingerprint density at radius 3 is 2.79 bits per heavy atom. The van der Waals surface area contributed by atoms with Gasteiger partial charge in [-0.25, -0.2) is 0 Å². The van der Waals surface area contributed by atoms with Gasteiger partial charge < -0.3 is 0 Å². The van der Waals surface area contributed by atoms with Crippen molar-refractivity contribution in [3.63, 3.8) is 0 Å². The highest BCUT2D eigenvalue weighted by Gasteiger charge is 2.30. The summed E-state index contributed by atoms with van der Waals surface area (Å²) in [7, 11) is 0. The highest BCUT2D eigenvalue weighted by atomic mass is 79.9. The molecule has 0 saturated heterocycles. The summed E-state index contributed by atoms with van der Waals surface area (Å²) in [5.41, 5.74) is 1.52. The number of hydrogen-bond acceptors (Lipinski definition) is 2. The van der Waals surface area contributed by atoms with Crippen LogP contribution in [0.1, 0.15) is 22.8 Å². The fraction of sp³-hybridized carbons (Fsp3) is 0.200. The summed E-state index contributed by atoms with van der Waals surface area (Å²) in [6.07, 6.45) is 0. The second-order valence-electron chi connectivity index (χ2n) is 3.18. The van der Waals surface area contributed by atoms with Crippen LogP contribution in [0.15, 0.2) is 22.7 Å². The maximum Gasteiger partial charge on any atom is 0.261 e. The average Bonchev–Trinajstić information content (AvgIpc) is 2.46. The lowest BCUT2D eigenvalue weighted by molar-refractivity contribution is -0.126. The quantitative estimate of drug-likeness (QED) is 0.709. The van der Waals surface area contributed by atoms with Gasteiger partial charge in [0.15, 0.2) is 0 Å². The van der Waals surface area contributed by atoms with E-state index in [1.807, 2.05) is 6.07 Å². The van der Waals surface area contributed by atoms with E-state index in [1.54, 1.807) is 12.1 Å². The summed E-state index contributed by atoms with van der Waals surface area (Å²) < 4.78 is 0.882. The molecule has 4 heteroatoms. The lowest BCUT2D eigenvalue weighted by atomic mass is 10.1. The second kappa shape index (κ2) is 3.20. The fourth-order valence-corrected chi connectivity index (χ4v) is 2.04. The monoisotopic (exact) mass is 253 g/mol. The van der Waals surface area contributed by atoms with Gasteiger partial charge in [-0.3, -0.25) is 14.5 Å². The highest BCUT2D eigenvalue weighted by molar-refractivity contribution is 9.10. The van der Waals surface area contributed by atoms with Crippen LogP contribution in [0.25, 0.3) is 0 Å². The number of nitrogens with zero attached hydrogens (tertiary/aromatic N) is 1. The predicted molar refractivity (Wildman–Crippen MR) is 54.7 cm³/mol. The first-order valence-electron chi connectivity index (χ1n) is 4.21. The molecule has 0 fully saturated rings. The summed E-state index contributed by atoms with van der Waals surface area (Å²) in [4.78, 5) is 24.0. The Kier molecular flexibility index (Phi) is 2.15. The molecule has 14 heavy (non-hydrogen) atoms. The molecule has 0 aromatic heterocycles. The number of benzene rings is 1. The molecule has 1 aromatic rings. The number of rotatable bonds is 0. The largest absolute Gasteiger partial charge is 0.275 e. The van der Waals surface area contributed by atoms with Crippen molar-refractivity contribution in [3.05, 3.63) is 33.8 Å². The number of imide groups is 1. The first kappa shape index (κ1) is 9.40. The Balaban J connectivity index is 2.50. The van der Waals surface area contributed by atoms with E-state index in [0.717, 1.165) is 10.0 Å². The van der Waals surface area contributed by atoms with Crippen molar-refractivity contribution in [2.45, 2.75) is 13.5 Å². The van der Waals surface area contributed by atoms with Crippen molar-refractivity contribution in [2.75, 3.05) is 0 Å². The van der Waals surface area contributed by atoms with Gasteiger partial charge in [0.1, 0.15) is 0 Å². The van der Waals surface area contributed by atoms with Gasteiger partial charge in [0.2, 0.25) is 5.91 Å². The van der Waals surface area contributed by atoms with Crippen LogP contribution in [-0.4, -0.2) is 16.7 Å². The SMILES string of the molecule is CC(=O)N1Cc2c(Br)cccc2C1=O. The van der Waals surface area contributed by atoms with Gasteiger partial charge in [-0.05, 0) is 17.7 Å². The molecule has 0 radical (unpaired) electrons. The molecule has 1 aliphatic rings. The molecule has 0 atom stereocenters. The molecule has 0 N–H and O–H groups in total. The van der Waals surface area contributed by atoms with Crippen molar-refractivity contribution in [1.29, 1.82) is 0 Å². The summed E-state index contributed by atoms with van der Waals surface area (Å²) in [5.74, 6) is -0.410. The Morgan fingerprint density at radius 1 is 1.50 bits per heavy atom. The van der Waals surface area contributed by atoms with E-state index >= 15 is 0 Å². The van der Waals surface area contributed by atoms with Gasteiger partial charge in [0, 0.05) is 17.0 Å². The zero-order chi connectivity index (χ0) is 10.3. The lowest BCUT2D eigenvalue weighted by Crippen LogP contribution is -2.28. The van der Waals surface area contributed by atoms with E-state index in [1.165, 1.54) is 11.8 Å². The van der Waals surface area contributed by atoms with E-state index in [-0.39, 0.29) is 11.8 Å². The summed E-state index contributed by atoms with van der Waals surface area (Å²) in [5, 5.41) is 0. The maximum atomic E-state index is 11.7. The Morgan fingerprint density at radius 2 is 2.21 bits per heavy atom. The van der Waals surface area contributed by atoms with Crippen LogP contribution in [0, 0.1) is 0 Å². The molecule has 1 aliphatic heterocycles. The van der Waals surface area contributed by atoms with Crippen LogP contribution >= 0.6 is 15.9 Å². The minimum absolute atomic E-state index is 0.200. The smallest absolute Gasteiger partial charge is 0.261 e. The van der Waals surface area contributed by atoms with E-state index in [2.05, 4.69) is 15.9 Å². The predicted octanol–water partition coefficient (Wildman–Crippen LogP) is 1.95. The summed E-state index contributed by atoms with van der Waals surface area (Å²) >= 11 is 3.36. The average molecular weight is 254 g/mol. The van der Waals surface area contributed by atoms with Crippen molar-refractivity contribution < 1.29 is 9.59 Å². The molecule has 2 rings (SSSR count). The van der Waals surface area contributed by atoms with Gasteiger partial charge in [0.25, 0.3) is 5.91 Å². The van der Waals surface area contributed by atoms with Gasteiger partial charge in [-0.2, -0.15) is 0 Å². The number of halogens is 1. The topological polar surface area (TPSA) is 37.4 Å². The Bertz CT molecular complexity index is 428. The third kappa shape index (κ3) is 1.26. The molecule has 0 spiro atoms. The molecular weight excluding hydrogens is 246 g/mol. The van der Waals surface area contributed by atoms with E-state index in [4.69, 9.17) is 0 Å². The highest BCUT2D eigenvalue weighted by Crippen LogP contribution is 2.29. The van der Waals surface area contributed by atoms with Gasteiger partial charge in [-0.1, -0.05) is 22.0 Å². The molecule has 0 unspecified atom stereocenters. The third-order valence-corrected chi connectivity index (χ3v) is 3.03. The van der Waals surface area contributed by atoms with Gasteiger partial charge >= 0.3 is 0 Å². The molecule has 0 bridgehead atoms. The van der Waals surface area contributed by atoms with E-state index in [0.29, 0.717) is 12.1 Å². The maximum absolute atomic E-state index is 11.7. The number of fused-ring (bicyclic) bond motifs is 1. The Labute approximate surface area is 89.8 Å². The second-order valence-corrected chi connectivity index (χ2v) is 4.03. The van der Waals surface area contributed by atoms with Crippen LogP contribution < -0.4 is 0 Å². The van der Waals surface area contributed by atoms with Crippen LogP contribution in [0.2, 0.25) is 0 Å². The van der Waals surface area contributed by atoms with Gasteiger partial charge in [-0.15, -0.1) is 0 Å². The number of carbonyl (C=O) groups excluding carboxylic acids is 2.